The molecule has 0 fully saturated rings. The maximum absolute atomic E-state index is 11.3. The standard InChI is InChI=1S/C10H22BrNO2S/c1-2-3-4-5-7-10(8-6-9-11)15(12,13)14/h10H,2-9H2,1H3,(H2,12,13,14). The topological polar surface area (TPSA) is 60.2 Å². The van der Waals surface area contributed by atoms with Gasteiger partial charge in [0.05, 0.1) is 5.25 Å². The van der Waals surface area contributed by atoms with E-state index in [1.807, 2.05) is 0 Å². The first-order chi connectivity index (χ1) is 7.02. The zero-order valence-electron chi connectivity index (χ0n) is 9.41. The van der Waals surface area contributed by atoms with Gasteiger partial charge in [-0.25, -0.2) is 13.6 Å². The molecule has 0 aliphatic heterocycles. The number of hydrogen-bond donors (Lipinski definition) is 1. The van der Waals surface area contributed by atoms with Crippen LogP contribution in [0.25, 0.3) is 0 Å². The Bertz CT molecular complexity index is 242. The van der Waals surface area contributed by atoms with Gasteiger partial charge in [-0.05, 0) is 19.3 Å². The monoisotopic (exact) mass is 299 g/mol. The fourth-order valence-electron chi connectivity index (χ4n) is 1.58. The number of halogens is 1. The van der Waals surface area contributed by atoms with Crippen LogP contribution in [-0.4, -0.2) is 19.0 Å². The second-order valence-corrected chi connectivity index (χ2v) is 6.53. The lowest BCUT2D eigenvalue weighted by molar-refractivity contribution is 0.540. The Balaban J connectivity index is 3.92. The molecule has 0 aromatic carbocycles. The summed E-state index contributed by atoms with van der Waals surface area (Å²) in [5.74, 6) is 0. The summed E-state index contributed by atoms with van der Waals surface area (Å²) in [4.78, 5) is 0. The first-order valence-electron chi connectivity index (χ1n) is 5.60. The first kappa shape index (κ1) is 15.4. The van der Waals surface area contributed by atoms with Crippen LogP contribution in [0, 0.1) is 0 Å². The van der Waals surface area contributed by atoms with Gasteiger partial charge >= 0.3 is 0 Å². The zero-order valence-corrected chi connectivity index (χ0v) is 11.8. The second kappa shape index (κ2) is 8.53. The number of primary sulfonamides is 1. The number of sulfonamides is 1. The molecule has 0 saturated heterocycles. The molecule has 0 aromatic heterocycles. The van der Waals surface area contributed by atoms with Crippen LogP contribution in [-0.2, 0) is 10.0 Å². The number of unbranched alkanes of at least 4 members (excludes halogenated alkanes) is 3. The predicted octanol–water partition coefficient (Wildman–Crippen LogP) is 2.79. The van der Waals surface area contributed by atoms with Crippen LogP contribution in [0.15, 0.2) is 0 Å². The van der Waals surface area contributed by atoms with Gasteiger partial charge in [0.2, 0.25) is 10.0 Å². The van der Waals surface area contributed by atoms with Crippen LogP contribution < -0.4 is 5.14 Å². The predicted molar refractivity (Wildman–Crippen MR) is 68.7 cm³/mol. The van der Waals surface area contributed by atoms with Crippen molar-refractivity contribution in [2.24, 2.45) is 5.14 Å². The van der Waals surface area contributed by atoms with Gasteiger partial charge in [0, 0.05) is 5.33 Å². The van der Waals surface area contributed by atoms with Crippen LogP contribution in [0.2, 0.25) is 0 Å². The van der Waals surface area contributed by atoms with E-state index in [2.05, 4.69) is 22.9 Å². The molecule has 5 heteroatoms. The molecule has 0 bridgehead atoms. The van der Waals surface area contributed by atoms with E-state index < -0.39 is 10.0 Å². The van der Waals surface area contributed by atoms with Crippen molar-refractivity contribution in [3.8, 4) is 0 Å². The lowest BCUT2D eigenvalue weighted by atomic mass is 10.1. The number of rotatable bonds is 9. The lowest BCUT2D eigenvalue weighted by Crippen LogP contribution is -2.28. The normalized spacial score (nSPS) is 14.1. The van der Waals surface area contributed by atoms with Crippen molar-refractivity contribution in [1.82, 2.24) is 0 Å². The molecular formula is C10H22BrNO2S. The van der Waals surface area contributed by atoms with E-state index in [9.17, 15) is 8.42 Å². The molecule has 1 atom stereocenters. The van der Waals surface area contributed by atoms with Crippen LogP contribution in [0.3, 0.4) is 0 Å². The average Bonchev–Trinajstić information content (AvgIpc) is 2.15. The molecule has 0 aliphatic carbocycles. The van der Waals surface area contributed by atoms with Crippen molar-refractivity contribution in [1.29, 1.82) is 0 Å². The largest absolute Gasteiger partial charge is 0.228 e. The minimum atomic E-state index is -3.35. The molecule has 15 heavy (non-hydrogen) atoms. The maximum Gasteiger partial charge on any atom is 0.211 e. The molecule has 0 aliphatic rings. The van der Waals surface area contributed by atoms with E-state index >= 15 is 0 Å². The molecule has 0 radical (unpaired) electrons. The van der Waals surface area contributed by atoms with Gasteiger partial charge in [-0.1, -0.05) is 48.5 Å². The van der Waals surface area contributed by atoms with Gasteiger partial charge in [0.25, 0.3) is 0 Å². The third-order valence-electron chi connectivity index (χ3n) is 2.50. The quantitative estimate of drug-likeness (QED) is 0.526. The molecule has 2 N–H and O–H groups in total. The summed E-state index contributed by atoms with van der Waals surface area (Å²) in [6, 6.07) is 0. The van der Waals surface area contributed by atoms with Crippen molar-refractivity contribution in [3.05, 3.63) is 0 Å². The SMILES string of the molecule is CCCCCCC(CCCBr)S(N)(=O)=O. The minimum absolute atomic E-state index is 0.341. The lowest BCUT2D eigenvalue weighted by Gasteiger charge is -2.13. The summed E-state index contributed by atoms with van der Waals surface area (Å²) in [6.45, 7) is 2.14. The molecule has 1 unspecified atom stereocenters. The van der Waals surface area contributed by atoms with E-state index in [-0.39, 0.29) is 5.25 Å². The second-order valence-electron chi connectivity index (χ2n) is 3.89. The molecule has 0 spiro atoms. The Kier molecular flexibility index (Phi) is 8.75. The Morgan fingerprint density at radius 3 is 2.20 bits per heavy atom. The Labute approximate surface area is 102 Å². The summed E-state index contributed by atoms with van der Waals surface area (Å²) in [6.07, 6.45) is 6.68. The number of hydrogen-bond acceptors (Lipinski definition) is 2. The highest BCUT2D eigenvalue weighted by molar-refractivity contribution is 9.09. The summed E-state index contributed by atoms with van der Waals surface area (Å²) in [5, 5.41) is 5.69. The Morgan fingerprint density at radius 1 is 1.13 bits per heavy atom. The van der Waals surface area contributed by atoms with E-state index in [4.69, 9.17) is 5.14 Å². The Hall–Kier alpha value is 0.390. The van der Waals surface area contributed by atoms with Gasteiger partial charge in [-0.3, -0.25) is 0 Å². The summed E-state index contributed by atoms with van der Waals surface area (Å²) >= 11 is 3.30. The molecule has 0 amide bonds. The van der Waals surface area contributed by atoms with Crippen molar-refractivity contribution in [3.63, 3.8) is 0 Å². The fourth-order valence-corrected chi connectivity index (χ4v) is 2.89. The van der Waals surface area contributed by atoms with Gasteiger partial charge in [0.15, 0.2) is 0 Å². The highest BCUT2D eigenvalue weighted by Crippen LogP contribution is 2.15. The van der Waals surface area contributed by atoms with Crippen molar-refractivity contribution in [2.75, 3.05) is 5.33 Å². The van der Waals surface area contributed by atoms with E-state index in [0.29, 0.717) is 12.8 Å². The van der Waals surface area contributed by atoms with E-state index in [1.54, 1.807) is 0 Å². The molecule has 0 rings (SSSR count). The summed E-state index contributed by atoms with van der Waals surface area (Å²) in [5.41, 5.74) is 0. The molecule has 0 heterocycles. The van der Waals surface area contributed by atoms with Gasteiger partial charge < -0.3 is 0 Å². The van der Waals surface area contributed by atoms with Crippen molar-refractivity contribution < 1.29 is 8.42 Å². The van der Waals surface area contributed by atoms with E-state index in [1.165, 1.54) is 12.8 Å². The third-order valence-corrected chi connectivity index (χ3v) is 4.47. The summed E-state index contributed by atoms with van der Waals surface area (Å²) < 4.78 is 22.5. The van der Waals surface area contributed by atoms with Gasteiger partial charge in [-0.15, -0.1) is 0 Å². The van der Waals surface area contributed by atoms with Crippen LogP contribution in [0.4, 0.5) is 0 Å². The maximum atomic E-state index is 11.3. The molecule has 0 aromatic rings. The molecule has 0 saturated carbocycles. The highest BCUT2D eigenvalue weighted by atomic mass is 79.9. The van der Waals surface area contributed by atoms with Crippen molar-refractivity contribution >= 4 is 26.0 Å². The smallest absolute Gasteiger partial charge is 0.211 e. The van der Waals surface area contributed by atoms with E-state index in [0.717, 1.165) is 24.6 Å². The van der Waals surface area contributed by atoms with Crippen LogP contribution in [0.1, 0.15) is 51.9 Å². The molecule has 92 valence electrons. The number of nitrogens with two attached hydrogens (primary N) is 1. The molecule has 3 nitrogen and oxygen atoms in total. The summed E-state index contributed by atoms with van der Waals surface area (Å²) in [7, 11) is -3.35. The van der Waals surface area contributed by atoms with Crippen LogP contribution in [0.5, 0.6) is 0 Å². The Morgan fingerprint density at radius 2 is 1.73 bits per heavy atom. The van der Waals surface area contributed by atoms with Crippen LogP contribution >= 0.6 is 15.9 Å². The average molecular weight is 300 g/mol. The minimum Gasteiger partial charge on any atom is -0.228 e. The third kappa shape index (κ3) is 8.22. The zero-order chi connectivity index (χ0) is 11.7. The first-order valence-corrected chi connectivity index (χ1v) is 8.33. The number of alkyl halides is 1. The van der Waals surface area contributed by atoms with Gasteiger partial charge in [-0.2, -0.15) is 0 Å². The van der Waals surface area contributed by atoms with Crippen molar-refractivity contribution in [2.45, 2.75) is 57.1 Å². The fraction of sp³-hybridized carbons (Fsp3) is 1.00. The molecular weight excluding hydrogens is 278 g/mol. The van der Waals surface area contributed by atoms with Gasteiger partial charge in [0.1, 0.15) is 0 Å². The highest BCUT2D eigenvalue weighted by Gasteiger charge is 2.19.